The van der Waals surface area contributed by atoms with Crippen LogP contribution in [0.4, 0.5) is 0 Å². The van der Waals surface area contributed by atoms with Gasteiger partial charge in [-0.3, -0.25) is 9.78 Å². The van der Waals surface area contributed by atoms with Crippen LogP contribution in [0, 0.1) is 5.41 Å². The van der Waals surface area contributed by atoms with Crippen molar-refractivity contribution in [1.82, 2.24) is 9.88 Å². The van der Waals surface area contributed by atoms with Crippen LogP contribution in [-0.4, -0.2) is 28.9 Å². The molecule has 4 rings (SSSR count). The molecule has 22 heavy (non-hydrogen) atoms. The number of rotatable bonds is 3. The summed E-state index contributed by atoms with van der Waals surface area (Å²) in [6, 6.07) is 10.2. The van der Waals surface area contributed by atoms with Crippen molar-refractivity contribution in [2.75, 3.05) is 13.1 Å². The molecule has 4 heteroatoms. The van der Waals surface area contributed by atoms with Crippen molar-refractivity contribution in [2.24, 2.45) is 5.41 Å². The van der Waals surface area contributed by atoms with Gasteiger partial charge in [-0.25, -0.2) is 0 Å². The van der Waals surface area contributed by atoms with E-state index in [4.69, 9.17) is 0 Å². The van der Waals surface area contributed by atoms with E-state index in [1.54, 1.807) is 11.3 Å². The van der Waals surface area contributed by atoms with Crippen LogP contribution in [-0.2, 0) is 10.2 Å². The molecular formula is C18H20N2OS. The van der Waals surface area contributed by atoms with Crippen LogP contribution in [0.1, 0.15) is 36.8 Å². The molecule has 0 spiro atoms. The zero-order valence-corrected chi connectivity index (χ0v) is 13.8. The zero-order chi connectivity index (χ0) is 15.4. The van der Waals surface area contributed by atoms with Crippen LogP contribution in [0.25, 0.3) is 0 Å². The van der Waals surface area contributed by atoms with Gasteiger partial charge in [-0.1, -0.05) is 26.0 Å². The van der Waals surface area contributed by atoms with Crippen molar-refractivity contribution in [3.63, 3.8) is 0 Å². The van der Waals surface area contributed by atoms with E-state index in [-0.39, 0.29) is 10.8 Å². The van der Waals surface area contributed by atoms with Crippen molar-refractivity contribution >= 4 is 17.2 Å². The van der Waals surface area contributed by atoms with Crippen LogP contribution < -0.4 is 0 Å². The lowest BCUT2D eigenvalue weighted by Gasteiger charge is -2.41. The minimum absolute atomic E-state index is 0.0744. The van der Waals surface area contributed by atoms with Gasteiger partial charge in [0.1, 0.15) is 0 Å². The zero-order valence-electron chi connectivity index (χ0n) is 13.0. The molecule has 2 fully saturated rings. The van der Waals surface area contributed by atoms with Gasteiger partial charge in [0.05, 0.1) is 5.41 Å². The number of hydrogen-bond acceptors (Lipinski definition) is 3. The van der Waals surface area contributed by atoms with E-state index in [0.29, 0.717) is 11.8 Å². The summed E-state index contributed by atoms with van der Waals surface area (Å²) >= 11 is 1.71. The van der Waals surface area contributed by atoms with Crippen LogP contribution in [0.5, 0.6) is 0 Å². The predicted molar refractivity (Wildman–Crippen MR) is 88.0 cm³/mol. The largest absolute Gasteiger partial charge is 0.340 e. The molecule has 3 heterocycles. The molecule has 1 atom stereocenters. The van der Waals surface area contributed by atoms with E-state index in [1.165, 1.54) is 4.88 Å². The number of amides is 1. The molecule has 0 aromatic carbocycles. The third-order valence-corrected chi connectivity index (χ3v) is 6.35. The summed E-state index contributed by atoms with van der Waals surface area (Å²) < 4.78 is 0. The maximum Gasteiger partial charge on any atom is 0.234 e. The van der Waals surface area contributed by atoms with Crippen molar-refractivity contribution in [3.05, 3.63) is 52.5 Å². The minimum Gasteiger partial charge on any atom is -0.340 e. The molecular weight excluding hydrogens is 292 g/mol. The lowest BCUT2D eigenvalue weighted by atomic mass is 9.88. The smallest absolute Gasteiger partial charge is 0.234 e. The van der Waals surface area contributed by atoms with Gasteiger partial charge in [0.2, 0.25) is 5.91 Å². The summed E-state index contributed by atoms with van der Waals surface area (Å²) in [7, 11) is 0. The highest BCUT2D eigenvalue weighted by atomic mass is 32.1. The van der Waals surface area contributed by atoms with Gasteiger partial charge in [-0.05, 0) is 35.4 Å². The molecule has 0 bridgehead atoms. The van der Waals surface area contributed by atoms with E-state index in [9.17, 15) is 4.79 Å². The first-order valence-corrected chi connectivity index (χ1v) is 8.67. The lowest BCUT2D eigenvalue weighted by molar-refractivity contribution is -0.139. The quantitative estimate of drug-likeness (QED) is 0.870. The standard InChI is InChI=1S/C18H20N2OS/c1-17(2)12-18(17,15-7-5-9-22-15)16(21)20-10-13(11-20)14-6-3-4-8-19-14/h3-9,13H,10-12H2,1-2H3/t18-/m1/s1. The highest BCUT2D eigenvalue weighted by molar-refractivity contribution is 7.10. The summed E-state index contributed by atoms with van der Waals surface area (Å²) in [5.41, 5.74) is 0.896. The number of nitrogens with zero attached hydrogens (tertiary/aromatic N) is 2. The monoisotopic (exact) mass is 312 g/mol. The molecule has 1 saturated carbocycles. The molecule has 3 nitrogen and oxygen atoms in total. The summed E-state index contributed by atoms with van der Waals surface area (Å²) in [5, 5.41) is 2.07. The average molecular weight is 312 g/mol. The van der Waals surface area contributed by atoms with Crippen LogP contribution in [0.15, 0.2) is 41.9 Å². The van der Waals surface area contributed by atoms with Crippen molar-refractivity contribution in [1.29, 1.82) is 0 Å². The SMILES string of the molecule is CC1(C)C[C@]1(C(=O)N1CC(c2ccccn2)C1)c1cccs1. The third kappa shape index (κ3) is 1.86. The maximum atomic E-state index is 13.1. The molecule has 0 radical (unpaired) electrons. The van der Waals surface area contributed by atoms with Crippen LogP contribution in [0.2, 0.25) is 0 Å². The summed E-state index contributed by atoms with van der Waals surface area (Å²) in [4.78, 5) is 20.8. The van der Waals surface area contributed by atoms with Gasteiger partial charge in [0, 0.05) is 35.8 Å². The molecule has 1 amide bonds. The number of carbonyl (C=O) groups is 1. The lowest BCUT2D eigenvalue weighted by Crippen LogP contribution is -2.53. The Hall–Kier alpha value is -1.68. The normalized spacial score (nSPS) is 26.5. The molecule has 2 aromatic heterocycles. The second-order valence-corrected chi connectivity index (χ2v) is 8.05. The Morgan fingerprint density at radius 1 is 1.27 bits per heavy atom. The molecule has 1 saturated heterocycles. The molecule has 0 N–H and O–H groups in total. The van der Waals surface area contributed by atoms with Gasteiger partial charge < -0.3 is 4.90 Å². The van der Waals surface area contributed by atoms with Crippen LogP contribution >= 0.6 is 11.3 Å². The van der Waals surface area contributed by atoms with E-state index in [0.717, 1.165) is 25.2 Å². The van der Waals surface area contributed by atoms with Gasteiger partial charge in [0.15, 0.2) is 0 Å². The number of carbonyl (C=O) groups excluding carboxylic acids is 1. The Morgan fingerprint density at radius 2 is 2.05 bits per heavy atom. The van der Waals surface area contributed by atoms with Gasteiger partial charge in [0.25, 0.3) is 0 Å². The molecule has 114 valence electrons. The molecule has 1 aliphatic heterocycles. The Bertz CT molecular complexity index is 689. The highest BCUT2D eigenvalue weighted by Gasteiger charge is 2.69. The van der Waals surface area contributed by atoms with Gasteiger partial charge >= 0.3 is 0 Å². The summed E-state index contributed by atoms with van der Waals surface area (Å²) in [6.07, 6.45) is 2.79. The first-order valence-electron chi connectivity index (χ1n) is 7.79. The molecule has 2 aromatic rings. The third-order valence-electron chi connectivity index (χ3n) is 5.32. The Morgan fingerprint density at radius 3 is 2.59 bits per heavy atom. The second-order valence-electron chi connectivity index (χ2n) is 7.10. The number of hydrogen-bond donors (Lipinski definition) is 0. The van der Waals surface area contributed by atoms with Crippen molar-refractivity contribution in [2.45, 2.75) is 31.6 Å². The Kier molecular flexibility index (Phi) is 2.95. The summed E-state index contributed by atoms with van der Waals surface area (Å²) in [6.45, 7) is 6.03. The minimum atomic E-state index is -0.281. The number of pyridine rings is 1. The van der Waals surface area contributed by atoms with Crippen LogP contribution in [0.3, 0.4) is 0 Å². The average Bonchev–Trinajstić information content (AvgIpc) is 2.85. The van der Waals surface area contributed by atoms with Crippen molar-refractivity contribution < 1.29 is 4.79 Å². The second kappa shape index (κ2) is 4.66. The van der Waals surface area contributed by atoms with E-state index in [2.05, 4.69) is 42.4 Å². The fraction of sp³-hybridized carbons (Fsp3) is 0.444. The first kappa shape index (κ1) is 13.9. The number of likely N-dealkylation sites (tertiary alicyclic amines) is 1. The topological polar surface area (TPSA) is 33.2 Å². The Balaban J connectivity index is 1.52. The van der Waals surface area contributed by atoms with Gasteiger partial charge in [-0.2, -0.15) is 0 Å². The summed E-state index contributed by atoms with van der Waals surface area (Å²) in [5.74, 6) is 0.708. The Labute approximate surface area is 135 Å². The number of aromatic nitrogens is 1. The molecule has 1 aliphatic carbocycles. The maximum absolute atomic E-state index is 13.1. The van der Waals surface area contributed by atoms with E-state index >= 15 is 0 Å². The van der Waals surface area contributed by atoms with E-state index < -0.39 is 0 Å². The van der Waals surface area contributed by atoms with Gasteiger partial charge in [-0.15, -0.1) is 11.3 Å². The molecule has 2 aliphatic rings. The number of thiophene rings is 1. The predicted octanol–water partition coefficient (Wildman–Crippen LogP) is 3.44. The molecule has 0 unspecified atom stereocenters. The van der Waals surface area contributed by atoms with Crippen molar-refractivity contribution in [3.8, 4) is 0 Å². The fourth-order valence-electron chi connectivity index (χ4n) is 3.75. The fourth-order valence-corrected chi connectivity index (χ4v) is 4.85. The van der Waals surface area contributed by atoms with E-state index in [1.807, 2.05) is 23.2 Å². The highest BCUT2D eigenvalue weighted by Crippen LogP contribution is 2.66. The first-order chi connectivity index (χ1) is 10.5.